The van der Waals surface area contributed by atoms with Crippen LogP contribution in [0.1, 0.15) is 5.56 Å². The minimum atomic E-state index is -0.0743. The van der Waals surface area contributed by atoms with Gasteiger partial charge in [0.2, 0.25) is 0 Å². The highest BCUT2D eigenvalue weighted by molar-refractivity contribution is 6.31. The molecule has 0 bridgehead atoms. The Kier molecular flexibility index (Phi) is 2.20. The Morgan fingerprint density at radius 3 is 2.59 bits per heavy atom. The zero-order chi connectivity index (χ0) is 12.0. The van der Waals surface area contributed by atoms with E-state index in [0.29, 0.717) is 10.4 Å². The summed E-state index contributed by atoms with van der Waals surface area (Å²) in [5.41, 5.74) is 1.84. The largest absolute Gasteiger partial charge is 0.321 e. The van der Waals surface area contributed by atoms with Crippen LogP contribution in [0.3, 0.4) is 0 Å². The van der Waals surface area contributed by atoms with Gasteiger partial charge in [0.1, 0.15) is 0 Å². The van der Waals surface area contributed by atoms with Crippen molar-refractivity contribution in [2.24, 2.45) is 0 Å². The van der Waals surface area contributed by atoms with E-state index in [1.807, 2.05) is 37.3 Å². The molecular weight excluding hydrogens is 234 g/mol. The first-order valence-corrected chi connectivity index (χ1v) is 5.75. The highest BCUT2D eigenvalue weighted by Crippen LogP contribution is 2.24. The first kappa shape index (κ1) is 10.4. The molecule has 0 atom stereocenters. The second-order valence-electron chi connectivity index (χ2n) is 4.19. The van der Waals surface area contributed by atoms with Crippen molar-refractivity contribution in [2.75, 3.05) is 0 Å². The summed E-state index contributed by atoms with van der Waals surface area (Å²) in [6.45, 7) is 2.02. The number of hydrogen-bond donors (Lipinski definition) is 1. The first-order valence-electron chi connectivity index (χ1n) is 5.37. The molecule has 0 radical (unpaired) electrons. The number of hydrogen-bond acceptors (Lipinski definition) is 1. The molecule has 0 aliphatic carbocycles. The van der Waals surface area contributed by atoms with Crippen LogP contribution in [0.5, 0.6) is 0 Å². The van der Waals surface area contributed by atoms with E-state index < -0.39 is 0 Å². The van der Waals surface area contributed by atoms with Crippen LogP contribution in [0.4, 0.5) is 0 Å². The van der Waals surface area contributed by atoms with Crippen molar-refractivity contribution in [1.29, 1.82) is 0 Å². The number of rotatable bonds is 0. The summed E-state index contributed by atoms with van der Waals surface area (Å²) in [6.07, 6.45) is 0. The van der Waals surface area contributed by atoms with Crippen LogP contribution in [0, 0.1) is 6.92 Å². The summed E-state index contributed by atoms with van der Waals surface area (Å²) in [4.78, 5) is 14.8. The van der Waals surface area contributed by atoms with Gasteiger partial charge in [0.25, 0.3) is 5.56 Å². The van der Waals surface area contributed by atoms with Gasteiger partial charge in [0.15, 0.2) is 0 Å². The maximum Gasteiger partial charge on any atom is 0.256 e. The number of fused-ring (bicyclic) bond motifs is 3. The highest BCUT2D eigenvalue weighted by Gasteiger charge is 2.05. The molecule has 0 unspecified atom stereocenters. The van der Waals surface area contributed by atoms with Gasteiger partial charge in [-0.15, -0.1) is 0 Å². The molecule has 17 heavy (non-hydrogen) atoms. The van der Waals surface area contributed by atoms with Crippen LogP contribution in [-0.2, 0) is 0 Å². The van der Waals surface area contributed by atoms with E-state index in [1.165, 1.54) is 0 Å². The quantitative estimate of drug-likeness (QED) is 0.601. The van der Waals surface area contributed by atoms with Crippen molar-refractivity contribution >= 4 is 33.3 Å². The number of nitrogens with one attached hydrogen (secondary N) is 1. The average molecular weight is 244 g/mol. The lowest BCUT2D eigenvalue weighted by Gasteiger charge is -2.04. The van der Waals surface area contributed by atoms with Crippen molar-refractivity contribution in [3.8, 4) is 0 Å². The summed E-state index contributed by atoms with van der Waals surface area (Å²) in [5, 5.41) is 3.33. The lowest BCUT2D eigenvalue weighted by Crippen LogP contribution is -2.06. The van der Waals surface area contributed by atoms with E-state index in [2.05, 4.69) is 4.98 Å². The summed E-state index contributed by atoms with van der Waals surface area (Å²) in [7, 11) is 0. The van der Waals surface area contributed by atoms with E-state index >= 15 is 0 Å². The molecule has 0 spiro atoms. The normalized spacial score (nSPS) is 11.2. The molecule has 3 heteroatoms. The van der Waals surface area contributed by atoms with Crippen LogP contribution in [-0.4, -0.2) is 4.98 Å². The smallest absolute Gasteiger partial charge is 0.256 e. The van der Waals surface area contributed by atoms with Crippen molar-refractivity contribution in [2.45, 2.75) is 6.92 Å². The molecule has 0 fully saturated rings. The average Bonchev–Trinajstić information content (AvgIpc) is 2.28. The summed E-state index contributed by atoms with van der Waals surface area (Å²) in [6, 6.07) is 11.4. The standard InChI is InChI=1S/C14H10ClNO/c1-8-2-4-11-12(6-8)10-5-3-9(15)7-13(10)16-14(11)17/h2-7H,1H3,(H,16,17). The molecule has 0 saturated heterocycles. The summed E-state index contributed by atoms with van der Waals surface area (Å²) < 4.78 is 0. The van der Waals surface area contributed by atoms with E-state index in [0.717, 1.165) is 21.9 Å². The van der Waals surface area contributed by atoms with Crippen molar-refractivity contribution in [3.63, 3.8) is 0 Å². The van der Waals surface area contributed by atoms with E-state index in [-0.39, 0.29) is 5.56 Å². The Morgan fingerprint density at radius 1 is 1.00 bits per heavy atom. The number of aromatic nitrogens is 1. The summed E-state index contributed by atoms with van der Waals surface area (Å²) >= 11 is 5.93. The number of H-pyrrole nitrogens is 1. The lowest BCUT2D eigenvalue weighted by atomic mass is 10.0. The molecule has 0 saturated carbocycles. The Morgan fingerprint density at radius 2 is 1.76 bits per heavy atom. The molecule has 3 aromatic rings. The molecule has 2 aromatic carbocycles. The number of halogens is 1. The Balaban J connectivity index is 2.62. The van der Waals surface area contributed by atoms with Gasteiger partial charge in [-0.25, -0.2) is 0 Å². The van der Waals surface area contributed by atoms with Crippen LogP contribution in [0.15, 0.2) is 41.2 Å². The third kappa shape index (κ3) is 1.61. The predicted octanol–water partition coefficient (Wildman–Crippen LogP) is 3.64. The minimum absolute atomic E-state index is 0.0743. The van der Waals surface area contributed by atoms with Crippen LogP contribution in [0.2, 0.25) is 5.02 Å². The maximum atomic E-state index is 11.9. The number of aryl methyl sites for hydroxylation is 1. The highest BCUT2D eigenvalue weighted by atomic mass is 35.5. The third-order valence-corrected chi connectivity index (χ3v) is 3.17. The topological polar surface area (TPSA) is 32.9 Å². The molecule has 0 aliphatic heterocycles. The Bertz CT molecular complexity index is 789. The third-order valence-electron chi connectivity index (χ3n) is 2.94. The molecular formula is C14H10ClNO. The van der Waals surface area contributed by atoms with E-state index in [4.69, 9.17) is 11.6 Å². The fourth-order valence-electron chi connectivity index (χ4n) is 2.12. The number of aromatic amines is 1. The Hall–Kier alpha value is -1.80. The van der Waals surface area contributed by atoms with Gasteiger partial charge in [0, 0.05) is 15.8 Å². The van der Waals surface area contributed by atoms with Gasteiger partial charge < -0.3 is 4.98 Å². The molecule has 0 amide bonds. The number of benzene rings is 2. The van der Waals surface area contributed by atoms with Crippen molar-refractivity contribution in [3.05, 3.63) is 57.3 Å². The molecule has 2 nitrogen and oxygen atoms in total. The second-order valence-corrected chi connectivity index (χ2v) is 4.63. The van der Waals surface area contributed by atoms with E-state index in [9.17, 15) is 4.79 Å². The van der Waals surface area contributed by atoms with Gasteiger partial charge in [-0.05, 0) is 30.5 Å². The van der Waals surface area contributed by atoms with Gasteiger partial charge >= 0.3 is 0 Å². The van der Waals surface area contributed by atoms with Crippen LogP contribution >= 0.6 is 11.6 Å². The van der Waals surface area contributed by atoms with Crippen LogP contribution < -0.4 is 5.56 Å². The zero-order valence-electron chi connectivity index (χ0n) is 9.25. The Labute approximate surface area is 103 Å². The fraction of sp³-hybridized carbons (Fsp3) is 0.0714. The molecule has 1 heterocycles. The molecule has 0 aliphatic rings. The van der Waals surface area contributed by atoms with Gasteiger partial charge in [-0.2, -0.15) is 0 Å². The van der Waals surface area contributed by atoms with Crippen LogP contribution in [0.25, 0.3) is 21.7 Å². The lowest BCUT2D eigenvalue weighted by molar-refractivity contribution is 1.34. The van der Waals surface area contributed by atoms with Crippen molar-refractivity contribution < 1.29 is 0 Å². The second kappa shape index (κ2) is 3.60. The molecule has 1 aromatic heterocycles. The van der Waals surface area contributed by atoms with E-state index in [1.54, 1.807) is 6.07 Å². The zero-order valence-corrected chi connectivity index (χ0v) is 10.0. The maximum absolute atomic E-state index is 11.9. The first-order chi connectivity index (χ1) is 8.15. The molecule has 1 N–H and O–H groups in total. The van der Waals surface area contributed by atoms with Gasteiger partial charge in [-0.3, -0.25) is 4.79 Å². The van der Waals surface area contributed by atoms with Crippen molar-refractivity contribution in [1.82, 2.24) is 4.98 Å². The SMILES string of the molecule is Cc1ccc2c(=O)[nH]c3cc(Cl)ccc3c2c1. The fourth-order valence-corrected chi connectivity index (χ4v) is 2.30. The monoisotopic (exact) mass is 243 g/mol. The molecule has 84 valence electrons. The van der Waals surface area contributed by atoms with Gasteiger partial charge in [0.05, 0.1) is 5.52 Å². The minimum Gasteiger partial charge on any atom is -0.321 e. The molecule has 3 rings (SSSR count). The van der Waals surface area contributed by atoms with Gasteiger partial charge in [-0.1, -0.05) is 35.4 Å². The summed E-state index contributed by atoms with van der Waals surface area (Å²) in [5.74, 6) is 0. The predicted molar refractivity (Wildman–Crippen MR) is 71.8 cm³/mol. The number of pyridine rings is 1.